The van der Waals surface area contributed by atoms with Crippen molar-refractivity contribution in [3.05, 3.63) is 50.7 Å². The first kappa shape index (κ1) is 25.2. The maximum atomic E-state index is 13.4. The number of anilines is 1. The lowest BCUT2D eigenvalue weighted by atomic mass is 9.93. The summed E-state index contributed by atoms with van der Waals surface area (Å²) in [7, 11) is 5.44. The number of carbonyl (C=O) groups is 3. The quantitative estimate of drug-likeness (QED) is 0.623. The first-order chi connectivity index (χ1) is 15.6. The van der Waals surface area contributed by atoms with Crippen molar-refractivity contribution in [3.8, 4) is 0 Å². The van der Waals surface area contributed by atoms with Crippen LogP contribution < -0.4 is 10.6 Å². The van der Waals surface area contributed by atoms with Crippen molar-refractivity contribution in [2.45, 2.75) is 38.1 Å². The van der Waals surface area contributed by atoms with E-state index in [1.807, 2.05) is 12.1 Å². The molecule has 9 heteroatoms. The van der Waals surface area contributed by atoms with Crippen molar-refractivity contribution >= 4 is 46.3 Å². The van der Waals surface area contributed by atoms with Gasteiger partial charge in [-0.25, -0.2) is 0 Å². The van der Waals surface area contributed by atoms with Crippen LogP contribution in [-0.4, -0.2) is 67.3 Å². The van der Waals surface area contributed by atoms with Gasteiger partial charge in [0.1, 0.15) is 5.54 Å². The molecule has 0 spiro atoms. The van der Waals surface area contributed by atoms with Crippen LogP contribution in [0.5, 0.6) is 0 Å². The van der Waals surface area contributed by atoms with Gasteiger partial charge in [-0.05, 0) is 68.6 Å². The Morgan fingerprint density at radius 2 is 1.82 bits per heavy atom. The van der Waals surface area contributed by atoms with E-state index in [0.717, 1.165) is 37.3 Å². The zero-order valence-corrected chi connectivity index (χ0v) is 21.1. The first-order valence-corrected chi connectivity index (χ1v) is 12.2. The Kier molecular flexibility index (Phi) is 8.15. The van der Waals surface area contributed by atoms with Crippen molar-refractivity contribution in [2.24, 2.45) is 0 Å². The van der Waals surface area contributed by atoms with Crippen LogP contribution in [0, 0.1) is 0 Å². The summed E-state index contributed by atoms with van der Waals surface area (Å²) in [4.78, 5) is 42.6. The Balaban J connectivity index is 1.79. The molecule has 0 radical (unpaired) electrons. The largest absolute Gasteiger partial charge is 0.349 e. The highest BCUT2D eigenvalue weighted by molar-refractivity contribution is 7.18. The summed E-state index contributed by atoms with van der Waals surface area (Å²) >= 11 is 7.11. The molecule has 178 valence electrons. The number of nitrogens with zero attached hydrogens (tertiary/aromatic N) is 2. The Labute approximate surface area is 204 Å². The molecule has 7 nitrogen and oxygen atoms in total. The fourth-order valence-corrected chi connectivity index (χ4v) is 4.68. The summed E-state index contributed by atoms with van der Waals surface area (Å²) < 4.78 is 0.490. The number of carbonyl (C=O) groups excluding carboxylic acids is 3. The van der Waals surface area contributed by atoms with Gasteiger partial charge in [0, 0.05) is 39.3 Å². The summed E-state index contributed by atoms with van der Waals surface area (Å²) in [5, 5.41) is 5.80. The molecule has 1 aromatic heterocycles. The highest BCUT2D eigenvalue weighted by Gasteiger charge is 2.36. The van der Waals surface area contributed by atoms with E-state index in [2.05, 4.69) is 28.6 Å². The van der Waals surface area contributed by atoms with E-state index in [1.54, 1.807) is 33.2 Å². The predicted octanol–water partition coefficient (Wildman–Crippen LogP) is 3.43. The van der Waals surface area contributed by atoms with Gasteiger partial charge in [0.2, 0.25) is 11.8 Å². The van der Waals surface area contributed by atoms with Crippen LogP contribution in [0.4, 0.5) is 5.69 Å². The van der Waals surface area contributed by atoms with Crippen molar-refractivity contribution < 1.29 is 14.4 Å². The third-order valence-electron chi connectivity index (χ3n) is 6.02. The highest BCUT2D eigenvalue weighted by Crippen LogP contribution is 2.25. The van der Waals surface area contributed by atoms with Gasteiger partial charge in [-0.2, -0.15) is 0 Å². The third kappa shape index (κ3) is 6.56. The molecule has 0 saturated carbocycles. The molecular formula is C24H31ClN4O3S. The van der Waals surface area contributed by atoms with Gasteiger partial charge < -0.3 is 20.4 Å². The number of benzene rings is 1. The van der Waals surface area contributed by atoms with Gasteiger partial charge in [-0.3, -0.25) is 14.4 Å². The zero-order chi connectivity index (χ0) is 24.2. The molecule has 2 N–H and O–H groups in total. The summed E-state index contributed by atoms with van der Waals surface area (Å²) in [5.41, 5.74) is 1.91. The van der Waals surface area contributed by atoms with Crippen LogP contribution >= 0.6 is 22.9 Å². The molecule has 1 aromatic carbocycles. The molecule has 0 fully saturated rings. The number of likely N-dealkylation sites (N-methyl/N-ethyl adjacent to an activating group) is 1. The van der Waals surface area contributed by atoms with Crippen LogP contribution in [0.2, 0.25) is 4.34 Å². The molecule has 1 atom stereocenters. The minimum atomic E-state index is -1.29. The molecule has 3 amide bonds. The fraction of sp³-hybridized carbons (Fsp3) is 0.458. The first-order valence-electron chi connectivity index (χ1n) is 11.0. The molecule has 0 saturated heterocycles. The topological polar surface area (TPSA) is 81.8 Å². The van der Waals surface area contributed by atoms with Gasteiger partial charge in [-0.15, -0.1) is 11.3 Å². The van der Waals surface area contributed by atoms with Gasteiger partial charge in [0.05, 0.1) is 9.21 Å². The summed E-state index contributed by atoms with van der Waals surface area (Å²) in [6.07, 6.45) is 2.18. The molecule has 2 aromatic rings. The number of amides is 3. The second kappa shape index (κ2) is 10.7. The molecule has 1 aliphatic heterocycles. The van der Waals surface area contributed by atoms with E-state index in [9.17, 15) is 14.4 Å². The molecule has 0 bridgehead atoms. The lowest BCUT2D eigenvalue weighted by molar-refractivity contribution is -0.129. The second-order valence-electron chi connectivity index (χ2n) is 8.92. The number of thiophene rings is 1. The van der Waals surface area contributed by atoms with Gasteiger partial charge >= 0.3 is 0 Å². The van der Waals surface area contributed by atoms with Gasteiger partial charge in [0.25, 0.3) is 5.91 Å². The summed E-state index contributed by atoms with van der Waals surface area (Å²) in [6.45, 7) is 3.63. The Hall–Kier alpha value is -2.42. The monoisotopic (exact) mass is 490 g/mol. The van der Waals surface area contributed by atoms with Gasteiger partial charge in [-0.1, -0.05) is 17.7 Å². The minimum absolute atomic E-state index is 0.114. The minimum Gasteiger partial charge on any atom is -0.349 e. The van der Waals surface area contributed by atoms with E-state index in [-0.39, 0.29) is 24.7 Å². The molecule has 33 heavy (non-hydrogen) atoms. The zero-order valence-electron chi connectivity index (χ0n) is 19.5. The standard InChI is InChI=1S/C24H31ClN4O3S/c1-24(12-9-21(30)28(2)3,27-22(31)19-7-8-20(25)33-19)23(32)26-18-6-5-16-10-13-29(4)14-11-17(16)15-18/h5-8,15H,9-14H2,1-4H3,(H,26,32)(H,27,31). The van der Waals surface area contributed by atoms with Crippen LogP contribution in [0.3, 0.4) is 0 Å². The summed E-state index contributed by atoms with van der Waals surface area (Å²) in [5.74, 6) is -0.876. The number of halogens is 1. The van der Waals surface area contributed by atoms with Crippen molar-refractivity contribution in [3.63, 3.8) is 0 Å². The van der Waals surface area contributed by atoms with E-state index in [0.29, 0.717) is 14.9 Å². The van der Waals surface area contributed by atoms with E-state index in [1.165, 1.54) is 16.0 Å². The Bertz CT molecular complexity index is 1040. The molecule has 3 rings (SSSR count). The van der Waals surface area contributed by atoms with Crippen LogP contribution in [0.25, 0.3) is 0 Å². The SMILES string of the molecule is CN1CCc2ccc(NC(=O)C(C)(CCC(=O)N(C)C)NC(=O)c3ccc(Cl)s3)cc2CC1. The van der Waals surface area contributed by atoms with E-state index >= 15 is 0 Å². The highest BCUT2D eigenvalue weighted by atomic mass is 35.5. The van der Waals surface area contributed by atoms with Crippen LogP contribution in [0.15, 0.2) is 30.3 Å². The smallest absolute Gasteiger partial charge is 0.262 e. The molecule has 1 aliphatic rings. The van der Waals surface area contributed by atoms with Crippen molar-refractivity contribution in [2.75, 3.05) is 39.5 Å². The number of hydrogen-bond donors (Lipinski definition) is 2. The average Bonchev–Trinajstić information content (AvgIpc) is 3.12. The Morgan fingerprint density at radius 3 is 2.45 bits per heavy atom. The van der Waals surface area contributed by atoms with E-state index < -0.39 is 11.4 Å². The molecule has 2 heterocycles. The fourth-order valence-electron chi connectivity index (χ4n) is 3.75. The predicted molar refractivity (Wildman–Crippen MR) is 133 cm³/mol. The average molecular weight is 491 g/mol. The maximum Gasteiger partial charge on any atom is 0.262 e. The second-order valence-corrected chi connectivity index (χ2v) is 10.6. The molecule has 1 unspecified atom stereocenters. The van der Waals surface area contributed by atoms with Crippen LogP contribution in [-0.2, 0) is 22.4 Å². The summed E-state index contributed by atoms with van der Waals surface area (Å²) in [6, 6.07) is 9.23. The molecular weight excluding hydrogens is 460 g/mol. The van der Waals surface area contributed by atoms with E-state index in [4.69, 9.17) is 11.6 Å². The lowest BCUT2D eigenvalue weighted by Gasteiger charge is -2.30. The number of nitrogens with one attached hydrogen (secondary N) is 2. The third-order valence-corrected chi connectivity index (χ3v) is 7.25. The Morgan fingerprint density at radius 1 is 1.12 bits per heavy atom. The lowest BCUT2D eigenvalue weighted by Crippen LogP contribution is -2.55. The van der Waals surface area contributed by atoms with Crippen molar-refractivity contribution in [1.82, 2.24) is 15.1 Å². The maximum absolute atomic E-state index is 13.4. The number of hydrogen-bond acceptors (Lipinski definition) is 5. The molecule has 0 aliphatic carbocycles. The number of rotatable bonds is 7. The normalized spacial score (nSPS) is 15.7. The van der Waals surface area contributed by atoms with Gasteiger partial charge in [0.15, 0.2) is 0 Å². The number of fused-ring (bicyclic) bond motifs is 1. The van der Waals surface area contributed by atoms with Crippen molar-refractivity contribution in [1.29, 1.82) is 0 Å². The van der Waals surface area contributed by atoms with Crippen LogP contribution in [0.1, 0.15) is 40.6 Å².